The van der Waals surface area contributed by atoms with Crippen molar-refractivity contribution in [2.75, 3.05) is 6.54 Å². The predicted molar refractivity (Wildman–Crippen MR) is 94.0 cm³/mol. The molecule has 1 unspecified atom stereocenters. The highest BCUT2D eigenvalue weighted by molar-refractivity contribution is 5.46. The Morgan fingerprint density at radius 2 is 2.08 bits per heavy atom. The van der Waals surface area contributed by atoms with E-state index in [1.807, 2.05) is 19.1 Å². The summed E-state index contributed by atoms with van der Waals surface area (Å²) in [7, 11) is 2.09. The summed E-state index contributed by atoms with van der Waals surface area (Å²) in [5, 5.41) is 0. The van der Waals surface area contributed by atoms with Crippen LogP contribution in [0, 0.1) is 6.92 Å². The van der Waals surface area contributed by atoms with E-state index in [1.54, 1.807) is 16.7 Å². The Bertz CT molecular complexity index is 940. The fraction of sp³-hybridized carbons (Fsp3) is 0.368. The van der Waals surface area contributed by atoms with E-state index >= 15 is 0 Å². The Kier molecular flexibility index (Phi) is 3.73. The first-order valence-electron chi connectivity index (χ1n) is 8.46. The minimum atomic E-state index is -0.00619. The van der Waals surface area contributed by atoms with Crippen molar-refractivity contribution in [2.45, 2.75) is 32.4 Å². The number of hydrogen-bond donors (Lipinski definition) is 0. The second-order valence-electron chi connectivity index (χ2n) is 6.64. The van der Waals surface area contributed by atoms with Crippen molar-refractivity contribution in [3.05, 3.63) is 70.0 Å². The van der Waals surface area contributed by atoms with Crippen LogP contribution in [0.1, 0.15) is 35.8 Å². The smallest absolute Gasteiger partial charge is 0.258 e. The van der Waals surface area contributed by atoms with Gasteiger partial charge < -0.3 is 4.57 Å². The van der Waals surface area contributed by atoms with Crippen molar-refractivity contribution in [3.8, 4) is 0 Å². The molecular formula is C19H22N4O. The third kappa shape index (κ3) is 2.55. The molecule has 5 nitrogen and oxygen atoms in total. The minimum absolute atomic E-state index is 0.00619. The molecule has 124 valence electrons. The molecule has 5 heteroatoms. The number of pyridine rings is 1. The molecule has 3 aromatic heterocycles. The van der Waals surface area contributed by atoms with Gasteiger partial charge in [0.2, 0.25) is 0 Å². The number of aromatic nitrogens is 3. The van der Waals surface area contributed by atoms with E-state index in [1.165, 1.54) is 12.1 Å². The third-order valence-corrected chi connectivity index (χ3v) is 4.99. The van der Waals surface area contributed by atoms with Gasteiger partial charge in [0, 0.05) is 37.7 Å². The number of rotatable bonds is 3. The standard InChI is InChI=1S/C19H22N4O/c1-14-6-3-11-23-18(24)12-15(20-19(14)23)13-22-10-5-8-17(22)16-7-4-9-21(16)2/h3-4,6-7,9,11-12,17H,5,8,10,13H2,1-2H3. The van der Waals surface area contributed by atoms with E-state index in [9.17, 15) is 4.79 Å². The van der Waals surface area contributed by atoms with E-state index in [-0.39, 0.29) is 5.56 Å². The minimum Gasteiger partial charge on any atom is -0.353 e. The van der Waals surface area contributed by atoms with Gasteiger partial charge in [-0.15, -0.1) is 0 Å². The first kappa shape index (κ1) is 15.1. The quantitative estimate of drug-likeness (QED) is 0.744. The first-order chi connectivity index (χ1) is 11.6. The van der Waals surface area contributed by atoms with E-state index in [2.05, 4.69) is 34.8 Å². The monoisotopic (exact) mass is 322 g/mol. The molecule has 3 aromatic rings. The van der Waals surface area contributed by atoms with Crippen molar-refractivity contribution in [3.63, 3.8) is 0 Å². The van der Waals surface area contributed by atoms with Crippen molar-refractivity contribution in [1.82, 2.24) is 18.9 Å². The zero-order valence-corrected chi connectivity index (χ0v) is 14.1. The van der Waals surface area contributed by atoms with Crippen LogP contribution in [-0.2, 0) is 13.6 Å². The highest BCUT2D eigenvalue weighted by atomic mass is 16.1. The van der Waals surface area contributed by atoms with Crippen molar-refractivity contribution < 1.29 is 0 Å². The molecule has 0 aromatic carbocycles. The molecule has 1 aliphatic heterocycles. The molecule has 0 amide bonds. The van der Waals surface area contributed by atoms with Gasteiger partial charge in [-0.1, -0.05) is 6.07 Å². The molecule has 1 atom stereocenters. The van der Waals surface area contributed by atoms with E-state index in [4.69, 9.17) is 4.98 Å². The van der Waals surface area contributed by atoms with Gasteiger partial charge in [0.05, 0.1) is 11.7 Å². The van der Waals surface area contributed by atoms with Gasteiger partial charge in [-0.3, -0.25) is 14.1 Å². The maximum Gasteiger partial charge on any atom is 0.258 e. The van der Waals surface area contributed by atoms with Crippen LogP contribution < -0.4 is 5.56 Å². The molecule has 1 fully saturated rings. The first-order valence-corrected chi connectivity index (χ1v) is 8.46. The Hall–Kier alpha value is -2.40. The molecule has 24 heavy (non-hydrogen) atoms. The maximum absolute atomic E-state index is 12.4. The summed E-state index contributed by atoms with van der Waals surface area (Å²) in [4.78, 5) is 19.6. The summed E-state index contributed by atoms with van der Waals surface area (Å²) >= 11 is 0. The highest BCUT2D eigenvalue weighted by Gasteiger charge is 2.28. The lowest BCUT2D eigenvalue weighted by molar-refractivity contribution is 0.238. The second-order valence-corrected chi connectivity index (χ2v) is 6.64. The summed E-state index contributed by atoms with van der Waals surface area (Å²) in [6.45, 7) is 3.76. The highest BCUT2D eigenvalue weighted by Crippen LogP contribution is 2.32. The average Bonchev–Trinajstić information content (AvgIpc) is 3.17. The lowest BCUT2D eigenvalue weighted by atomic mass is 10.1. The van der Waals surface area contributed by atoms with E-state index in [0.29, 0.717) is 6.04 Å². The SMILES string of the molecule is Cc1cccn2c(=O)cc(CN3CCCC3c3cccn3C)nc12. The van der Waals surface area contributed by atoms with Gasteiger partial charge >= 0.3 is 0 Å². The van der Waals surface area contributed by atoms with Gasteiger partial charge in [-0.2, -0.15) is 0 Å². The van der Waals surface area contributed by atoms with E-state index in [0.717, 1.165) is 36.4 Å². The summed E-state index contributed by atoms with van der Waals surface area (Å²) in [5.41, 5.74) is 3.97. The molecule has 0 radical (unpaired) electrons. The largest absolute Gasteiger partial charge is 0.353 e. The molecule has 1 aliphatic rings. The van der Waals surface area contributed by atoms with Crippen LogP contribution in [0.2, 0.25) is 0 Å². The Morgan fingerprint density at radius 3 is 2.88 bits per heavy atom. The number of aryl methyl sites for hydroxylation is 2. The number of likely N-dealkylation sites (tertiary alicyclic amines) is 1. The van der Waals surface area contributed by atoms with Crippen molar-refractivity contribution in [1.29, 1.82) is 0 Å². The van der Waals surface area contributed by atoms with Crippen molar-refractivity contribution >= 4 is 5.65 Å². The lowest BCUT2D eigenvalue weighted by Gasteiger charge is -2.24. The van der Waals surface area contributed by atoms with Gasteiger partial charge in [-0.05, 0) is 50.1 Å². The predicted octanol–water partition coefficient (Wildman–Crippen LogP) is 2.68. The van der Waals surface area contributed by atoms with Crippen molar-refractivity contribution in [2.24, 2.45) is 7.05 Å². The Balaban J connectivity index is 1.68. The van der Waals surface area contributed by atoms with Crippen LogP contribution in [0.4, 0.5) is 0 Å². The zero-order chi connectivity index (χ0) is 16.7. The summed E-state index contributed by atoms with van der Waals surface area (Å²) < 4.78 is 3.81. The maximum atomic E-state index is 12.4. The fourth-order valence-electron chi connectivity index (χ4n) is 3.77. The Labute approximate surface area is 141 Å². The summed E-state index contributed by atoms with van der Waals surface area (Å²) in [6, 6.07) is 10.2. The summed E-state index contributed by atoms with van der Waals surface area (Å²) in [6.07, 6.45) is 6.21. The molecule has 0 bridgehead atoms. The van der Waals surface area contributed by atoms with Gasteiger partial charge in [0.25, 0.3) is 5.56 Å². The van der Waals surface area contributed by atoms with E-state index < -0.39 is 0 Å². The number of nitrogens with zero attached hydrogens (tertiary/aromatic N) is 4. The molecule has 4 rings (SSSR count). The van der Waals surface area contributed by atoms with Crippen LogP contribution in [-0.4, -0.2) is 25.4 Å². The van der Waals surface area contributed by atoms with Crippen LogP contribution in [0.25, 0.3) is 5.65 Å². The van der Waals surface area contributed by atoms with Crippen LogP contribution in [0.5, 0.6) is 0 Å². The molecule has 0 spiro atoms. The van der Waals surface area contributed by atoms with Crippen LogP contribution in [0.3, 0.4) is 0 Å². The zero-order valence-electron chi connectivity index (χ0n) is 14.1. The second kappa shape index (κ2) is 5.91. The van der Waals surface area contributed by atoms with Gasteiger partial charge in [-0.25, -0.2) is 4.98 Å². The number of hydrogen-bond acceptors (Lipinski definition) is 3. The molecule has 0 aliphatic carbocycles. The fourth-order valence-corrected chi connectivity index (χ4v) is 3.77. The summed E-state index contributed by atoms with van der Waals surface area (Å²) in [5.74, 6) is 0. The third-order valence-electron chi connectivity index (χ3n) is 4.99. The molecule has 1 saturated heterocycles. The Morgan fingerprint density at radius 1 is 1.25 bits per heavy atom. The molecular weight excluding hydrogens is 300 g/mol. The molecule has 0 N–H and O–H groups in total. The molecule has 4 heterocycles. The van der Waals surface area contributed by atoms with Crippen LogP contribution >= 0.6 is 0 Å². The normalized spacial score (nSPS) is 18.5. The lowest BCUT2D eigenvalue weighted by Crippen LogP contribution is -2.26. The van der Waals surface area contributed by atoms with Gasteiger partial charge in [0.15, 0.2) is 0 Å². The topological polar surface area (TPSA) is 42.5 Å². The van der Waals surface area contributed by atoms with Crippen LogP contribution in [0.15, 0.2) is 47.5 Å². The average molecular weight is 322 g/mol. The molecule has 0 saturated carbocycles. The number of fused-ring (bicyclic) bond motifs is 1. The van der Waals surface area contributed by atoms with Gasteiger partial charge in [0.1, 0.15) is 5.65 Å².